The van der Waals surface area contributed by atoms with Crippen molar-refractivity contribution in [2.75, 3.05) is 34.4 Å². The fourth-order valence-electron chi connectivity index (χ4n) is 2.61. The van der Waals surface area contributed by atoms with Gasteiger partial charge in [0.15, 0.2) is 17.5 Å². The number of aliphatic imine (C=N–C) groups is 1. The Morgan fingerprint density at radius 1 is 1.04 bits per heavy atom. The van der Waals surface area contributed by atoms with Gasteiger partial charge in [-0.1, -0.05) is 6.07 Å². The van der Waals surface area contributed by atoms with Crippen LogP contribution in [0.15, 0.2) is 41.7 Å². The molecule has 2 aromatic rings. The van der Waals surface area contributed by atoms with Crippen molar-refractivity contribution in [3.05, 3.63) is 47.8 Å². The van der Waals surface area contributed by atoms with Crippen LogP contribution >= 0.6 is 24.0 Å². The van der Waals surface area contributed by atoms with Gasteiger partial charge in [0.1, 0.15) is 0 Å². The second-order valence-corrected chi connectivity index (χ2v) is 5.77. The molecule has 1 heterocycles. The fraction of sp³-hybridized carbons (Fsp3) is 0.400. The minimum Gasteiger partial charge on any atom is -0.493 e. The van der Waals surface area contributed by atoms with Gasteiger partial charge in [-0.25, -0.2) is 4.99 Å². The molecule has 7 nitrogen and oxygen atoms in total. The highest BCUT2D eigenvalue weighted by atomic mass is 127. The summed E-state index contributed by atoms with van der Waals surface area (Å²) in [4.78, 5) is 8.78. The summed E-state index contributed by atoms with van der Waals surface area (Å²) in [6.45, 7) is 4.08. The van der Waals surface area contributed by atoms with Gasteiger partial charge in [-0.3, -0.25) is 4.98 Å². The molecule has 0 aliphatic heterocycles. The van der Waals surface area contributed by atoms with Gasteiger partial charge in [-0.05, 0) is 42.7 Å². The smallest absolute Gasteiger partial charge is 0.203 e. The number of rotatable bonds is 9. The summed E-state index contributed by atoms with van der Waals surface area (Å²) < 4.78 is 16.2. The summed E-state index contributed by atoms with van der Waals surface area (Å²) >= 11 is 0. The van der Waals surface area contributed by atoms with E-state index in [0.29, 0.717) is 23.8 Å². The largest absolute Gasteiger partial charge is 0.493 e. The van der Waals surface area contributed by atoms with E-state index in [-0.39, 0.29) is 24.0 Å². The number of aromatic nitrogens is 1. The molecule has 0 saturated carbocycles. The van der Waals surface area contributed by atoms with E-state index in [2.05, 4.69) is 26.7 Å². The minimum atomic E-state index is 0. The molecular formula is C20H29IN4O3. The third-order valence-corrected chi connectivity index (χ3v) is 3.92. The van der Waals surface area contributed by atoms with Crippen LogP contribution in [0, 0.1) is 0 Å². The maximum Gasteiger partial charge on any atom is 0.203 e. The monoisotopic (exact) mass is 500 g/mol. The van der Waals surface area contributed by atoms with Crippen LogP contribution in [0.5, 0.6) is 17.2 Å². The Balaban J connectivity index is 0.00000392. The number of halogens is 1. The number of pyridine rings is 1. The van der Waals surface area contributed by atoms with Crippen LogP contribution in [0.2, 0.25) is 0 Å². The lowest BCUT2D eigenvalue weighted by Crippen LogP contribution is -2.38. The summed E-state index contributed by atoms with van der Waals surface area (Å²) in [5.74, 6) is 2.58. The first-order chi connectivity index (χ1) is 13.2. The van der Waals surface area contributed by atoms with Crippen molar-refractivity contribution in [1.29, 1.82) is 0 Å². The standard InChI is InChI=1S/C20H28N4O3.HI/c1-5-22-20(23-10-8-15-7-6-9-21-13-15)24-14-16-11-17(25-2)19(27-4)18(12-16)26-3;/h6-7,9,11-13H,5,8,10,14H2,1-4H3,(H2,22,23,24);1H. The molecule has 0 bridgehead atoms. The molecule has 0 spiro atoms. The first-order valence-corrected chi connectivity index (χ1v) is 8.91. The first kappa shape index (κ1) is 23.8. The van der Waals surface area contributed by atoms with Crippen molar-refractivity contribution in [2.24, 2.45) is 4.99 Å². The number of nitrogens with zero attached hydrogens (tertiary/aromatic N) is 2. The molecule has 0 unspecified atom stereocenters. The van der Waals surface area contributed by atoms with E-state index in [1.54, 1.807) is 27.5 Å². The van der Waals surface area contributed by atoms with Crippen LogP contribution in [-0.2, 0) is 13.0 Å². The molecule has 0 saturated heterocycles. The van der Waals surface area contributed by atoms with Crippen molar-refractivity contribution in [3.63, 3.8) is 0 Å². The Bertz CT molecular complexity index is 716. The van der Waals surface area contributed by atoms with Crippen LogP contribution in [0.25, 0.3) is 0 Å². The molecule has 28 heavy (non-hydrogen) atoms. The zero-order valence-corrected chi connectivity index (χ0v) is 19.2. The number of methoxy groups -OCH3 is 3. The summed E-state index contributed by atoms with van der Waals surface area (Å²) in [6.07, 6.45) is 4.53. The lowest BCUT2D eigenvalue weighted by atomic mass is 10.2. The number of nitrogens with one attached hydrogen (secondary N) is 2. The lowest BCUT2D eigenvalue weighted by molar-refractivity contribution is 0.324. The van der Waals surface area contributed by atoms with Gasteiger partial charge in [0.2, 0.25) is 5.75 Å². The third-order valence-electron chi connectivity index (χ3n) is 3.92. The first-order valence-electron chi connectivity index (χ1n) is 8.91. The minimum absolute atomic E-state index is 0. The Morgan fingerprint density at radius 2 is 1.75 bits per heavy atom. The molecule has 0 aliphatic carbocycles. The Morgan fingerprint density at radius 3 is 2.29 bits per heavy atom. The summed E-state index contributed by atoms with van der Waals surface area (Å²) in [5.41, 5.74) is 2.15. The van der Waals surface area contributed by atoms with E-state index < -0.39 is 0 Å². The van der Waals surface area contributed by atoms with E-state index in [1.165, 1.54) is 5.56 Å². The number of hydrogen-bond donors (Lipinski definition) is 2. The van der Waals surface area contributed by atoms with Gasteiger partial charge in [0.25, 0.3) is 0 Å². The Labute approximate surface area is 183 Å². The van der Waals surface area contributed by atoms with Gasteiger partial charge in [0, 0.05) is 25.5 Å². The van der Waals surface area contributed by atoms with Gasteiger partial charge in [0.05, 0.1) is 27.9 Å². The highest BCUT2D eigenvalue weighted by Gasteiger charge is 2.13. The molecule has 0 aliphatic rings. The van der Waals surface area contributed by atoms with Crippen LogP contribution in [0.1, 0.15) is 18.1 Å². The zero-order chi connectivity index (χ0) is 19.5. The second kappa shape index (κ2) is 13.0. The molecule has 2 rings (SSSR count). The number of hydrogen-bond acceptors (Lipinski definition) is 5. The summed E-state index contributed by atoms with van der Waals surface area (Å²) in [6, 6.07) is 7.82. The fourth-order valence-corrected chi connectivity index (χ4v) is 2.61. The SMILES string of the molecule is CCNC(=NCc1cc(OC)c(OC)c(OC)c1)NCCc1cccnc1.I. The van der Waals surface area contributed by atoms with Crippen LogP contribution in [0.3, 0.4) is 0 Å². The number of benzene rings is 1. The molecule has 0 atom stereocenters. The molecule has 2 N–H and O–H groups in total. The van der Waals surface area contributed by atoms with Crippen molar-refractivity contribution < 1.29 is 14.2 Å². The predicted octanol–water partition coefficient (Wildman–Crippen LogP) is 3.02. The summed E-state index contributed by atoms with van der Waals surface area (Å²) in [5, 5.41) is 6.60. The second-order valence-electron chi connectivity index (χ2n) is 5.77. The number of guanidine groups is 1. The van der Waals surface area contributed by atoms with Crippen LogP contribution in [0.4, 0.5) is 0 Å². The van der Waals surface area contributed by atoms with E-state index in [4.69, 9.17) is 14.2 Å². The third kappa shape index (κ3) is 7.06. The summed E-state index contributed by atoms with van der Waals surface area (Å²) in [7, 11) is 4.80. The van der Waals surface area contributed by atoms with Crippen LogP contribution < -0.4 is 24.8 Å². The van der Waals surface area contributed by atoms with E-state index >= 15 is 0 Å². The average Bonchev–Trinajstić information content (AvgIpc) is 2.71. The van der Waals surface area contributed by atoms with Gasteiger partial charge >= 0.3 is 0 Å². The van der Waals surface area contributed by atoms with E-state index in [1.807, 2.05) is 31.3 Å². The molecule has 154 valence electrons. The molecule has 0 fully saturated rings. The maximum atomic E-state index is 5.40. The maximum absolute atomic E-state index is 5.40. The van der Waals surface area contributed by atoms with Crippen molar-refractivity contribution in [2.45, 2.75) is 19.9 Å². The molecule has 0 radical (unpaired) electrons. The van der Waals surface area contributed by atoms with Crippen molar-refractivity contribution in [1.82, 2.24) is 15.6 Å². The highest BCUT2D eigenvalue weighted by molar-refractivity contribution is 14.0. The molecule has 0 amide bonds. The number of ether oxygens (including phenoxy) is 3. The quantitative estimate of drug-likeness (QED) is 0.313. The normalized spacial score (nSPS) is 10.6. The molecule has 1 aromatic carbocycles. The highest BCUT2D eigenvalue weighted by Crippen LogP contribution is 2.38. The Hall–Kier alpha value is -2.23. The zero-order valence-electron chi connectivity index (χ0n) is 16.8. The van der Waals surface area contributed by atoms with Crippen LogP contribution in [-0.4, -0.2) is 45.4 Å². The van der Waals surface area contributed by atoms with Crippen molar-refractivity contribution in [3.8, 4) is 17.2 Å². The van der Waals surface area contributed by atoms with E-state index in [0.717, 1.165) is 31.0 Å². The van der Waals surface area contributed by atoms with E-state index in [9.17, 15) is 0 Å². The van der Waals surface area contributed by atoms with Gasteiger partial charge in [-0.2, -0.15) is 0 Å². The van der Waals surface area contributed by atoms with Gasteiger partial charge in [-0.15, -0.1) is 24.0 Å². The topological polar surface area (TPSA) is 77.0 Å². The predicted molar refractivity (Wildman–Crippen MR) is 122 cm³/mol. The molecular weight excluding hydrogens is 471 g/mol. The molecule has 1 aromatic heterocycles. The van der Waals surface area contributed by atoms with Crippen molar-refractivity contribution >= 4 is 29.9 Å². The molecule has 8 heteroatoms. The average molecular weight is 500 g/mol. The van der Waals surface area contributed by atoms with Gasteiger partial charge < -0.3 is 24.8 Å². The lowest BCUT2D eigenvalue weighted by Gasteiger charge is -2.14. The Kier molecular flexibility index (Phi) is 11.1.